The van der Waals surface area contributed by atoms with E-state index >= 15 is 0 Å². The first-order valence-corrected chi connectivity index (χ1v) is 6.24. The number of carbonyl (C=O) groups excluding carboxylic acids is 3. The van der Waals surface area contributed by atoms with Gasteiger partial charge in [0.2, 0.25) is 5.91 Å². The van der Waals surface area contributed by atoms with Crippen LogP contribution in [0.1, 0.15) is 23.2 Å². The van der Waals surface area contributed by atoms with Gasteiger partial charge in [-0.15, -0.1) is 0 Å². The fourth-order valence-corrected chi connectivity index (χ4v) is 1.62. The predicted molar refractivity (Wildman–Crippen MR) is 73.2 cm³/mol. The van der Waals surface area contributed by atoms with E-state index in [-0.39, 0.29) is 12.8 Å². The van der Waals surface area contributed by atoms with Gasteiger partial charge in [0.25, 0.3) is 5.91 Å². The highest BCUT2D eigenvalue weighted by atomic mass is 35.5. The number of hydrogen-bond donors (Lipinski definition) is 2. The maximum absolute atomic E-state index is 11.9. The molecule has 0 saturated heterocycles. The van der Waals surface area contributed by atoms with E-state index in [2.05, 4.69) is 10.1 Å². The maximum atomic E-state index is 11.9. The summed E-state index contributed by atoms with van der Waals surface area (Å²) < 4.78 is 4.46. The van der Waals surface area contributed by atoms with E-state index in [1.807, 2.05) is 0 Å². The summed E-state index contributed by atoms with van der Waals surface area (Å²) in [7, 11) is 1.24. The number of hydrogen-bond acceptors (Lipinski definition) is 4. The zero-order chi connectivity index (χ0) is 15.1. The second-order valence-corrected chi connectivity index (χ2v) is 4.49. The fourth-order valence-electron chi connectivity index (χ4n) is 1.49. The number of rotatable bonds is 6. The Balaban J connectivity index is 2.65. The van der Waals surface area contributed by atoms with E-state index in [1.54, 1.807) is 12.1 Å². The standard InChI is InChI=1S/C13H15ClN2O4/c1-20-11(17)7-6-10(12(15)18)16-13(19)8-2-4-9(14)5-3-8/h2-5,10H,6-7H2,1H3,(H2,15,18)(H,16,19)/t10-/m0/s1. The van der Waals surface area contributed by atoms with Crippen molar-refractivity contribution in [1.29, 1.82) is 0 Å². The smallest absolute Gasteiger partial charge is 0.305 e. The number of primary amides is 1. The molecule has 0 aliphatic carbocycles. The number of esters is 1. The lowest BCUT2D eigenvalue weighted by atomic mass is 10.1. The molecule has 1 atom stereocenters. The highest BCUT2D eigenvalue weighted by molar-refractivity contribution is 6.30. The minimum absolute atomic E-state index is 0.00892. The van der Waals surface area contributed by atoms with Crippen LogP contribution in [0.25, 0.3) is 0 Å². The Morgan fingerprint density at radius 2 is 1.90 bits per heavy atom. The van der Waals surface area contributed by atoms with Crippen molar-refractivity contribution >= 4 is 29.4 Å². The van der Waals surface area contributed by atoms with Crippen LogP contribution in [-0.2, 0) is 14.3 Å². The molecule has 0 aliphatic heterocycles. The van der Waals surface area contributed by atoms with E-state index < -0.39 is 23.8 Å². The SMILES string of the molecule is COC(=O)CC[C@H](NC(=O)c1ccc(Cl)cc1)C(N)=O. The van der Waals surface area contributed by atoms with Crippen molar-refractivity contribution in [2.75, 3.05) is 7.11 Å². The van der Waals surface area contributed by atoms with Crippen molar-refractivity contribution in [3.8, 4) is 0 Å². The average molecular weight is 299 g/mol. The van der Waals surface area contributed by atoms with Crippen molar-refractivity contribution in [2.45, 2.75) is 18.9 Å². The van der Waals surface area contributed by atoms with Gasteiger partial charge in [-0.2, -0.15) is 0 Å². The van der Waals surface area contributed by atoms with Crippen molar-refractivity contribution < 1.29 is 19.1 Å². The lowest BCUT2D eigenvalue weighted by Crippen LogP contribution is -2.44. The molecule has 0 bridgehead atoms. The third-order valence-electron chi connectivity index (χ3n) is 2.62. The molecule has 1 rings (SSSR count). The molecule has 0 heterocycles. The summed E-state index contributed by atoms with van der Waals surface area (Å²) in [5.41, 5.74) is 5.53. The van der Waals surface area contributed by atoms with Gasteiger partial charge in [0.1, 0.15) is 6.04 Å². The summed E-state index contributed by atoms with van der Waals surface area (Å²) >= 11 is 5.72. The van der Waals surface area contributed by atoms with Crippen LogP contribution in [0.15, 0.2) is 24.3 Å². The van der Waals surface area contributed by atoms with E-state index in [1.165, 1.54) is 19.2 Å². The number of nitrogens with one attached hydrogen (secondary N) is 1. The quantitative estimate of drug-likeness (QED) is 0.762. The summed E-state index contributed by atoms with van der Waals surface area (Å²) in [6.45, 7) is 0. The van der Waals surface area contributed by atoms with Gasteiger partial charge in [0, 0.05) is 17.0 Å². The van der Waals surface area contributed by atoms with Gasteiger partial charge >= 0.3 is 5.97 Å². The van der Waals surface area contributed by atoms with Gasteiger partial charge in [-0.1, -0.05) is 11.6 Å². The van der Waals surface area contributed by atoms with Gasteiger partial charge in [-0.3, -0.25) is 14.4 Å². The Morgan fingerprint density at radius 3 is 2.40 bits per heavy atom. The highest BCUT2D eigenvalue weighted by Gasteiger charge is 2.20. The molecule has 1 aromatic carbocycles. The van der Waals surface area contributed by atoms with Crippen molar-refractivity contribution in [3.05, 3.63) is 34.9 Å². The van der Waals surface area contributed by atoms with Crippen LogP contribution >= 0.6 is 11.6 Å². The lowest BCUT2D eigenvalue weighted by Gasteiger charge is -2.14. The first-order valence-electron chi connectivity index (χ1n) is 5.86. The Labute approximate surface area is 121 Å². The monoisotopic (exact) mass is 298 g/mol. The summed E-state index contributed by atoms with van der Waals surface area (Å²) in [5, 5.41) is 2.97. The zero-order valence-electron chi connectivity index (χ0n) is 10.9. The molecule has 0 aliphatic rings. The molecular weight excluding hydrogens is 284 g/mol. The molecule has 0 saturated carbocycles. The highest BCUT2D eigenvalue weighted by Crippen LogP contribution is 2.10. The summed E-state index contributed by atoms with van der Waals surface area (Å²) in [4.78, 5) is 34.2. The van der Waals surface area contributed by atoms with E-state index in [0.29, 0.717) is 10.6 Å². The van der Waals surface area contributed by atoms with Crippen molar-refractivity contribution in [1.82, 2.24) is 5.32 Å². The van der Waals surface area contributed by atoms with Crippen LogP contribution < -0.4 is 11.1 Å². The number of methoxy groups -OCH3 is 1. The number of halogens is 1. The second kappa shape index (κ2) is 7.49. The molecule has 2 amide bonds. The largest absolute Gasteiger partial charge is 0.469 e. The molecule has 0 unspecified atom stereocenters. The van der Waals surface area contributed by atoms with E-state index in [4.69, 9.17) is 17.3 Å². The molecule has 0 aromatic heterocycles. The van der Waals surface area contributed by atoms with Gasteiger partial charge in [-0.25, -0.2) is 0 Å². The minimum Gasteiger partial charge on any atom is -0.469 e. The molecule has 3 N–H and O–H groups in total. The zero-order valence-corrected chi connectivity index (χ0v) is 11.6. The molecule has 0 spiro atoms. The molecule has 6 nitrogen and oxygen atoms in total. The molecule has 108 valence electrons. The first kappa shape index (κ1) is 16.0. The van der Waals surface area contributed by atoms with Crippen LogP contribution in [0.3, 0.4) is 0 Å². The molecule has 20 heavy (non-hydrogen) atoms. The Bertz CT molecular complexity index is 502. The lowest BCUT2D eigenvalue weighted by molar-refractivity contribution is -0.140. The van der Waals surface area contributed by atoms with Crippen LogP contribution in [-0.4, -0.2) is 30.9 Å². The van der Waals surface area contributed by atoms with Gasteiger partial charge in [-0.05, 0) is 30.7 Å². The summed E-state index contributed by atoms with van der Waals surface area (Å²) in [5.74, 6) is -1.65. The minimum atomic E-state index is -0.933. The molecule has 0 fully saturated rings. The van der Waals surface area contributed by atoms with Crippen LogP contribution in [0.2, 0.25) is 5.02 Å². The topological polar surface area (TPSA) is 98.5 Å². The third-order valence-corrected chi connectivity index (χ3v) is 2.87. The Hall–Kier alpha value is -2.08. The number of nitrogens with two attached hydrogens (primary N) is 1. The molecule has 0 radical (unpaired) electrons. The molecule has 1 aromatic rings. The molecule has 7 heteroatoms. The summed E-state index contributed by atoms with van der Waals surface area (Å²) in [6, 6.07) is 5.23. The average Bonchev–Trinajstić information content (AvgIpc) is 2.43. The summed E-state index contributed by atoms with van der Waals surface area (Å²) in [6.07, 6.45) is 0.0757. The number of ether oxygens (including phenoxy) is 1. The maximum Gasteiger partial charge on any atom is 0.305 e. The molecular formula is C13H15ClN2O4. The van der Waals surface area contributed by atoms with E-state index in [0.717, 1.165) is 0 Å². The van der Waals surface area contributed by atoms with Gasteiger partial charge < -0.3 is 15.8 Å². The van der Waals surface area contributed by atoms with Crippen LogP contribution in [0, 0.1) is 0 Å². The second-order valence-electron chi connectivity index (χ2n) is 4.05. The van der Waals surface area contributed by atoms with Crippen LogP contribution in [0.5, 0.6) is 0 Å². The van der Waals surface area contributed by atoms with E-state index in [9.17, 15) is 14.4 Å². The fraction of sp³-hybridized carbons (Fsp3) is 0.308. The first-order chi connectivity index (χ1) is 9.43. The van der Waals surface area contributed by atoms with Gasteiger partial charge in [0.15, 0.2) is 0 Å². The van der Waals surface area contributed by atoms with Crippen LogP contribution in [0.4, 0.5) is 0 Å². The van der Waals surface area contributed by atoms with Crippen molar-refractivity contribution in [3.63, 3.8) is 0 Å². The number of amides is 2. The van der Waals surface area contributed by atoms with Crippen molar-refractivity contribution in [2.24, 2.45) is 5.73 Å². The van der Waals surface area contributed by atoms with Gasteiger partial charge in [0.05, 0.1) is 7.11 Å². The normalized spacial score (nSPS) is 11.5. The number of benzene rings is 1. The Morgan fingerprint density at radius 1 is 1.30 bits per heavy atom. The predicted octanol–water partition coefficient (Wildman–Crippen LogP) is 0.877. The third kappa shape index (κ3) is 4.89. The number of carbonyl (C=O) groups is 3. The Kier molecular flexibility index (Phi) is 5.99.